The van der Waals surface area contributed by atoms with Gasteiger partial charge in [-0.15, -0.1) is 0 Å². The van der Waals surface area contributed by atoms with Crippen LogP contribution in [-0.4, -0.2) is 36.6 Å². The molecule has 0 fully saturated rings. The van der Waals surface area contributed by atoms with Crippen LogP contribution in [0.4, 0.5) is 26.3 Å². The lowest BCUT2D eigenvalue weighted by atomic mass is 10.2. The molecule has 0 unspecified atom stereocenters. The highest BCUT2D eigenvalue weighted by Crippen LogP contribution is 2.31. The number of ether oxygens (including phenoxy) is 2. The number of benzene rings is 1. The third kappa shape index (κ3) is 5.79. The van der Waals surface area contributed by atoms with Crippen molar-refractivity contribution in [3.63, 3.8) is 0 Å². The Morgan fingerprint density at radius 2 is 1.33 bits per heavy atom. The van der Waals surface area contributed by atoms with Crippen molar-refractivity contribution < 1.29 is 45.7 Å². The SMILES string of the molecule is O=C(O)c1c(OCC(F)(F)F)cccc1OCC(F)(F)F. The van der Waals surface area contributed by atoms with Gasteiger partial charge in [-0.2, -0.15) is 26.3 Å². The molecule has 0 aliphatic heterocycles. The summed E-state index contributed by atoms with van der Waals surface area (Å²) in [5.74, 6) is -3.25. The number of halogens is 6. The van der Waals surface area contributed by atoms with Gasteiger partial charge in [0.2, 0.25) is 0 Å². The summed E-state index contributed by atoms with van der Waals surface area (Å²) >= 11 is 0. The maximum Gasteiger partial charge on any atom is 0.422 e. The molecule has 0 aromatic heterocycles. The number of alkyl halides is 6. The first kappa shape index (κ1) is 16.9. The number of carbonyl (C=O) groups is 1. The van der Waals surface area contributed by atoms with Crippen LogP contribution in [0.1, 0.15) is 10.4 Å². The fourth-order valence-electron chi connectivity index (χ4n) is 1.28. The highest BCUT2D eigenvalue weighted by atomic mass is 19.4. The molecule has 0 radical (unpaired) electrons. The van der Waals surface area contributed by atoms with Crippen LogP contribution in [-0.2, 0) is 0 Å². The Labute approximate surface area is 113 Å². The van der Waals surface area contributed by atoms with Crippen molar-refractivity contribution in [2.45, 2.75) is 12.4 Å². The minimum Gasteiger partial charge on any atom is -0.483 e. The first-order chi connectivity index (χ1) is 9.49. The fourth-order valence-corrected chi connectivity index (χ4v) is 1.28. The predicted octanol–water partition coefficient (Wildman–Crippen LogP) is 3.27. The lowest BCUT2D eigenvalue weighted by Gasteiger charge is -2.15. The van der Waals surface area contributed by atoms with E-state index in [9.17, 15) is 31.1 Å². The Balaban J connectivity index is 3.01. The normalized spacial score (nSPS) is 12.1. The van der Waals surface area contributed by atoms with Crippen LogP contribution in [0, 0.1) is 0 Å². The van der Waals surface area contributed by atoms with E-state index in [0.717, 1.165) is 18.2 Å². The molecule has 21 heavy (non-hydrogen) atoms. The summed E-state index contributed by atoms with van der Waals surface area (Å²) in [6.07, 6.45) is -9.45. The number of aromatic carboxylic acids is 1. The molecule has 1 aromatic rings. The Kier molecular flexibility index (Phi) is 4.92. The van der Waals surface area contributed by atoms with Crippen LogP contribution in [0.3, 0.4) is 0 Å². The molecule has 0 saturated heterocycles. The van der Waals surface area contributed by atoms with Crippen LogP contribution < -0.4 is 9.47 Å². The number of hydrogen-bond donors (Lipinski definition) is 1. The second-order valence-electron chi connectivity index (χ2n) is 3.74. The zero-order valence-corrected chi connectivity index (χ0v) is 10.1. The third-order valence-electron chi connectivity index (χ3n) is 1.98. The largest absolute Gasteiger partial charge is 0.483 e. The summed E-state index contributed by atoms with van der Waals surface area (Å²) in [6, 6.07) is 2.79. The van der Waals surface area contributed by atoms with Gasteiger partial charge in [0.1, 0.15) is 17.1 Å². The average Bonchev–Trinajstić information content (AvgIpc) is 2.31. The zero-order chi connectivity index (χ0) is 16.3. The summed E-state index contributed by atoms with van der Waals surface area (Å²) in [4.78, 5) is 11.0. The highest BCUT2D eigenvalue weighted by molar-refractivity contribution is 5.94. The molecule has 0 saturated carbocycles. The molecular formula is C11H8F6O4. The van der Waals surface area contributed by atoms with Crippen LogP contribution in [0.2, 0.25) is 0 Å². The van der Waals surface area contributed by atoms with Crippen LogP contribution in [0.25, 0.3) is 0 Å². The number of rotatable bonds is 5. The third-order valence-corrected chi connectivity index (χ3v) is 1.98. The van der Waals surface area contributed by atoms with Crippen molar-refractivity contribution in [1.29, 1.82) is 0 Å². The summed E-state index contributed by atoms with van der Waals surface area (Å²) in [6.45, 7) is -3.56. The molecule has 0 aliphatic rings. The molecule has 118 valence electrons. The van der Waals surface area contributed by atoms with E-state index in [1.54, 1.807) is 0 Å². The minimum atomic E-state index is -4.72. The quantitative estimate of drug-likeness (QED) is 0.847. The van der Waals surface area contributed by atoms with Crippen molar-refractivity contribution in [3.8, 4) is 11.5 Å². The first-order valence-electron chi connectivity index (χ1n) is 5.25. The van der Waals surface area contributed by atoms with Gasteiger partial charge in [0, 0.05) is 0 Å². The minimum absolute atomic E-state index is 0.737. The van der Waals surface area contributed by atoms with Gasteiger partial charge in [0.25, 0.3) is 0 Å². The summed E-state index contributed by atoms with van der Waals surface area (Å²) in [5, 5.41) is 8.88. The predicted molar refractivity (Wildman–Crippen MR) is 56.5 cm³/mol. The van der Waals surface area contributed by atoms with E-state index in [4.69, 9.17) is 5.11 Å². The Morgan fingerprint density at radius 1 is 0.952 bits per heavy atom. The number of carboxylic acids is 1. The maximum absolute atomic E-state index is 12.0. The molecule has 0 aliphatic carbocycles. The van der Waals surface area contributed by atoms with Crippen LogP contribution in [0.5, 0.6) is 11.5 Å². The number of carboxylic acid groups (broad SMARTS) is 1. The molecule has 4 nitrogen and oxygen atoms in total. The van der Waals surface area contributed by atoms with Gasteiger partial charge in [0.05, 0.1) is 0 Å². The molecule has 0 amide bonds. The van der Waals surface area contributed by atoms with Crippen LogP contribution >= 0.6 is 0 Å². The summed E-state index contributed by atoms with van der Waals surface area (Å²) < 4.78 is 80.7. The van der Waals surface area contributed by atoms with Crippen molar-refractivity contribution in [1.82, 2.24) is 0 Å². The molecule has 0 spiro atoms. The fraction of sp³-hybridized carbons (Fsp3) is 0.364. The molecular weight excluding hydrogens is 310 g/mol. The molecule has 0 atom stereocenters. The zero-order valence-electron chi connectivity index (χ0n) is 10.1. The maximum atomic E-state index is 12.0. The molecule has 0 heterocycles. The van der Waals surface area contributed by atoms with E-state index >= 15 is 0 Å². The van der Waals surface area contributed by atoms with Gasteiger partial charge in [-0.25, -0.2) is 4.79 Å². The molecule has 1 N–H and O–H groups in total. The van der Waals surface area contributed by atoms with Crippen molar-refractivity contribution in [2.75, 3.05) is 13.2 Å². The monoisotopic (exact) mass is 318 g/mol. The Hall–Kier alpha value is -2.13. The lowest BCUT2D eigenvalue weighted by Crippen LogP contribution is -2.22. The van der Waals surface area contributed by atoms with Gasteiger partial charge < -0.3 is 14.6 Å². The number of hydrogen-bond acceptors (Lipinski definition) is 3. The van der Waals surface area contributed by atoms with E-state index in [1.807, 2.05) is 0 Å². The standard InChI is InChI=1S/C11H8F6O4/c12-10(13,14)4-20-6-2-1-3-7(8(6)9(18)19)21-5-11(15,16)17/h1-3H,4-5H2,(H,18,19). The molecule has 10 heteroatoms. The summed E-state index contributed by atoms with van der Waals surface area (Å²) in [5.41, 5.74) is -0.911. The second-order valence-corrected chi connectivity index (χ2v) is 3.74. The van der Waals surface area contributed by atoms with Crippen molar-refractivity contribution in [3.05, 3.63) is 23.8 Å². The van der Waals surface area contributed by atoms with Crippen molar-refractivity contribution in [2.24, 2.45) is 0 Å². The van der Waals surface area contributed by atoms with E-state index in [-0.39, 0.29) is 0 Å². The smallest absolute Gasteiger partial charge is 0.422 e. The van der Waals surface area contributed by atoms with E-state index in [0.29, 0.717) is 0 Å². The van der Waals surface area contributed by atoms with Gasteiger partial charge in [-0.3, -0.25) is 0 Å². The van der Waals surface area contributed by atoms with Crippen molar-refractivity contribution >= 4 is 5.97 Å². The Bertz CT molecular complexity index is 472. The summed E-state index contributed by atoms with van der Waals surface area (Å²) in [7, 11) is 0. The topological polar surface area (TPSA) is 55.8 Å². The van der Waals surface area contributed by atoms with E-state index in [2.05, 4.69) is 9.47 Å². The molecule has 0 bridgehead atoms. The average molecular weight is 318 g/mol. The van der Waals surface area contributed by atoms with Gasteiger partial charge >= 0.3 is 18.3 Å². The van der Waals surface area contributed by atoms with Gasteiger partial charge in [-0.05, 0) is 12.1 Å². The van der Waals surface area contributed by atoms with E-state index < -0.39 is 48.6 Å². The lowest BCUT2D eigenvalue weighted by molar-refractivity contribution is -0.154. The molecule has 1 aromatic carbocycles. The highest BCUT2D eigenvalue weighted by Gasteiger charge is 2.32. The van der Waals surface area contributed by atoms with Crippen LogP contribution in [0.15, 0.2) is 18.2 Å². The van der Waals surface area contributed by atoms with Gasteiger partial charge in [0.15, 0.2) is 13.2 Å². The van der Waals surface area contributed by atoms with E-state index in [1.165, 1.54) is 0 Å². The van der Waals surface area contributed by atoms with Gasteiger partial charge in [-0.1, -0.05) is 6.07 Å². The first-order valence-corrected chi connectivity index (χ1v) is 5.25. The molecule has 1 rings (SSSR count). The Morgan fingerprint density at radius 3 is 1.62 bits per heavy atom. The second kappa shape index (κ2) is 6.10.